The molecule has 8 heteroatoms. The van der Waals surface area contributed by atoms with Crippen LogP contribution in [0, 0.1) is 17.4 Å². The van der Waals surface area contributed by atoms with E-state index in [1.165, 1.54) is 10.5 Å². The van der Waals surface area contributed by atoms with Gasteiger partial charge in [0.05, 0.1) is 5.69 Å². The minimum absolute atomic E-state index is 0.225. The Morgan fingerprint density at radius 2 is 2.15 bits per heavy atom. The van der Waals surface area contributed by atoms with Gasteiger partial charge in [-0.2, -0.15) is 10.3 Å². The summed E-state index contributed by atoms with van der Waals surface area (Å²) in [6.45, 7) is 2.81. The first kappa shape index (κ1) is 16.8. The highest BCUT2D eigenvalue weighted by Gasteiger charge is 2.23. The first-order valence-electron chi connectivity index (χ1n) is 8.56. The molecule has 1 aromatic carbocycles. The molecule has 0 spiro atoms. The minimum Gasteiger partial charge on any atom is -0.386 e. The number of fused-ring (bicyclic) bond motifs is 2. The molecule has 1 fully saturated rings. The van der Waals surface area contributed by atoms with E-state index in [9.17, 15) is 0 Å². The second-order valence-electron chi connectivity index (χ2n) is 6.45. The van der Waals surface area contributed by atoms with E-state index < -0.39 is 0 Å². The number of nitrogens with zero attached hydrogens (tertiary/aromatic N) is 5. The highest BCUT2D eigenvalue weighted by Crippen LogP contribution is 2.42. The highest BCUT2D eigenvalue weighted by molar-refractivity contribution is 7.99. The third-order valence-corrected chi connectivity index (χ3v) is 5.83. The molecule has 0 bridgehead atoms. The number of rotatable bonds is 3. The van der Waals surface area contributed by atoms with Gasteiger partial charge in [-0.1, -0.05) is 17.8 Å². The van der Waals surface area contributed by atoms with E-state index in [1.807, 2.05) is 0 Å². The summed E-state index contributed by atoms with van der Waals surface area (Å²) in [4.78, 5) is 16.0. The molecule has 2 aliphatic rings. The number of amidine groups is 1. The fourth-order valence-electron chi connectivity index (χ4n) is 3.37. The standard InChI is InChI=1S/C18H19N7S/c19-11-23-16(20)13-3-7-25(8-4-13)10-12-1-2-15-14(9-12)24-17-18(26-15)22-6-5-21-17/h1-2,5-6,9,13H,3-4,7-8,10H2,(H2,20,23)(H,21,24). The Hall–Kier alpha value is -2.63. The van der Waals surface area contributed by atoms with Crippen LogP contribution in [0.25, 0.3) is 0 Å². The van der Waals surface area contributed by atoms with Gasteiger partial charge in [-0.25, -0.2) is 9.97 Å². The number of likely N-dealkylation sites (tertiary alicyclic amines) is 1. The second-order valence-corrected chi connectivity index (χ2v) is 7.49. The zero-order chi connectivity index (χ0) is 17.9. The van der Waals surface area contributed by atoms with Crippen LogP contribution in [0.15, 0.2) is 45.5 Å². The Labute approximate surface area is 156 Å². The van der Waals surface area contributed by atoms with E-state index >= 15 is 0 Å². The molecule has 132 valence electrons. The lowest BCUT2D eigenvalue weighted by Gasteiger charge is -2.31. The molecule has 0 atom stereocenters. The molecule has 26 heavy (non-hydrogen) atoms. The zero-order valence-corrected chi connectivity index (χ0v) is 15.0. The summed E-state index contributed by atoms with van der Waals surface area (Å²) in [5.74, 6) is 1.51. The van der Waals surface area contributed by atoms with Crippen LogP contribution >= 0.6 is 11.8 Å². The summed E-state index contributed by atoms with van der Waals surface area (Å²) in [7, 11) is 0. The molecule has 1 aromatic heterocycles. The van der Waals surface area contributed by atoms with Crippen molar-refractivity contribution in [2.45, 2.75) is 29.3 Å². The second kappa shape index (κ2) is 7.32. The van der Waals surface area contributed by atoms with Crippen molar-refractivity contribution in [2.75, 3.05) is 18.4 Å². The van der Waals surface area contributed by atoms with Gasteiger partial charge in [0.1, 0.15) is 10.9 Å². The monoisotopic (exact) mass is 365 g/mol. The van der Waals surface area contributed by atoms with Crippen molar-refractivity contribution in [2.24, 2.45) is 16.6 Å². The van der Waals surface area contributed by atoms with Gasteiger partial charge >= 0.3 is 0 Å². The quantitative estimate of drug-likeness (QED) is 0.418. The lowest BCUT2D eigenvalue weighted by molar-refractivity contribution is 0.201. The van der Waals surface area contributed by atoms with E-state index in [2.05, 4.69) is 43.4 Å². The van der Waals surface area contributed by atoms with Crippen LogP contribution in [-0.2, 0) is 6.54 Å². The number of hydrogen-bond donors (Lipinski definition) is 2. The van der Waals surface area contributed by atoms with Crippen LogP contribution in [-0.4, -0.2) is 33.8 Å². The van der Waals surface area contributed by atoms with Crippen LogP contribution in [0.1, 0.15) is 18.4 Å². The van der Waals surface area contributed by atoms with Crippen molar-refractivity contribution in [3.05, 3.63) is 36.2 Å². The fourth-order valence-corrected chi connectivity index (χ4v) is 4.25. The van der Waals surface area contributed by atoms with Gasteiger partial charge in [0, 0.05) is 29.8 Å². The molecule has 7 nitrogen and oxygen atoms in total. The molecule has 0 radical (unpaired) electrons. The number of benzene rings is 1. The molecule has 3 N–H and O–H groups in total. The summed E-state index contributed by atoms with van der Waals surface area (Å²) >= 11 is 1.64. The summed E-state index contributed by atoms with van der Waals surface area (Å²) in [6.07, 6.45) is 7.08. The van der Waals surface area contributed by atoms with Crippen LogP contribution in [0.3, 0.4) is 0 Å². The topological polar surface area (TPSA) is 103 Å². The number of nitriles is 1. The lowest BCUT2D eigenvalue weighted by atomic mass is 9.95. The van der Waals surface area contributed by atoms with E-state index in [0.717, 1.165) is 49.0 Å². The third-order valence-electron chi connectivity index (χ3n) is 4.76. The van der Waals surface area contributed by atoms with E-state index in [-0.39, 0.29) is 5.92 Å². The van der Waals surface area contributed by atoms with Gasteiger partial charge in [-0.15, -0.1) is 0 Å². The van der Waals surface area contributed by atoms with Crippen molar-refractivity contribution < 1.29 is 0 Å². The number of aliphatic imine (C=N–C) groups is 1. The minimum atomic E-state index is 0.225. The van der Waals surface area contributed by atoms with Crippen LogP contribution in [0.2, 0.25) is 0 Å². The molecule has 1 saturated heterocycles. The summed E-state index contributed by atoms with van der Waals surface area (Å²) in [5.41, 5.74) is 8.21. The van der Waals surface area contributed by atoms with E-state index in [1.54, 1.807) is 30.3 Å². The zero-order valence-electron chi connectivity index (χ0n) is 14.2. The van der Waals surface area contributed by atoms with Gasteiger partial charge in [0.25, 0.3) is 0 Å². The van der Waals surface area contributed by atoms with Crippen molar-refractivity contribution in [1.82, 2.24) is 14.9 Å². The van der Waals surface area contributed by atoms with Gasteiger partial charge in [-0.05, 0) is 43.6 Å². The number of nitrogens with two attached hydrogens (primary N) is 1. The maximum Gasteiger partial charge on any atom is 0.207 e. The first-order valence-corrected chi connectivity index (χ1v) is 9.38. The molecule has 3 heterocycles. The Bertz CT molecular complexity index is 881. The third kappa shape index (κ3) is 3.49. The maximum atomic E-state index is 8.63. The Morgan fingerprint density at radius 3 is 2.96 bits per heavy atom. The average molecular weight is 365 g/mol. The predicted octanol–water partition coefficient (Wildman–Crippen LogP) is 2.74. The van der Waals surface area contributed by atoms with E-state index in [0.29, 0.717) is 5.84 Å². The maximum absolute atomic E-state index is 8.63. The van der Waals surface area contributed by atoms with Crippen molar-refractivity contribution in [1.29, 1.82) is 5.26 Å². The Balaban J connectivity index is 1.40. The van der Waals surface area contributed by atoms with Gasteiger partial charge in [0.2, 0.25) is 6.19 Å². The molecule has 0 amide bonds. The molecule has 4 rings (SSSR count). The first-order chi connectivity index (χ1) is 12.7. The largest absolute Gasteiger partial charge is 0.386 e. The number of aromatic nitrogens is 2. The molecule has 2 aromatic rings. The van der Waals surface area contributed by atoms with Gasteiger partial charge in [0.15, 0.2) is 5.82 Å². The Kier molecular flexibility index (Phi) is 4.73. The lowest BCUT2D eigenvalue weighted by Crippen LogP contribution is -2.38. The van der Waals surface area contributed by atoms with Crippen molar-refractivity contribution in [3.8, 4) is 6.19 Å². The number of piperidine rings is 1. The smallest absolute Gasteiger partial charge is 0.207 e. The molecule has 0 saturated carbocycles. The SMILES string of the molecule is N#CN=C(N)C1CCN(Cc2ccc3c(c2)Nc2nccnc2S3)CC1. The van der Waals surface area contributed by atoms with Crippen molar-refractivity contribution >= 4 is 29.1 Å². The number of nitrogens with one attached hydrogen (secondary N) is 1. The fraction of sp³-hybridized carbons (Fsp3) is 0.333. The Morgan fingerprint density at radius 1 is 1.35 bits per heavy atom. The summed E-state index contributed by atoms with van der Waals surface area (Å²) in [6, 6.07) is 6.51. The van der Waals surface area contributed by atoms with E-state index in [4.69, 9.17) is 11.0 Å². The normalized spacial score (nSPS) is 17.7. The molecule has 2 aliphatic heterocycles. The highest BCUT2D eigenvalue weighted by atomic mass is 32.2. The average Bonchev–Trinajstić information content (AvgIpc) is 2.67. The predicted molar refractivity (Wildman–Crippen MR) is 101 cm³/mol. The molecule has 0 aliphatic carbocycles. The summed E-state index contributed by atoms with van der Waals surface area (Å²) < 4.78 is 0. The molecular weight excluding hydrogens is 346 g/mol. The van der Waals surface area contributed by atoms with Crippen molar-refractivity contribution in [3.63, 3.8) is 0 Å². The van der Waals surface area contributed by atoms with Crippen LogP contribution in [0.5, 0.6) is 0 Å². The number of hydrogen-bond acceptors (Lipinski definition) is 7. The van der Waals surface area contributed by atoms with Crippen LogP contribution in [0.4, 0.5) is 11.5 Å². The number of anilines is 2. The molecular formula is C18H19N7S. The molecule has 0 unspecified atom stereocenters. The van der Waals surface area contributed by atoms with Gasteiger partial charge < -0.3 is 11.1 Å². The summed E-state index contributed by atoms with van der Waals surface area (Å²) in [5, 5.41) is 12.9. The van der Waals surface area contributed by atoms with Gasteiger partial charge in [-0.3, -0.25) is 4.90 Å². The van der Waals surface area contributed by atoms with Crippen LogP contribution < -0.4 is 11.1 Å².